The van der Waals surface area contributed by atoms with E-state index in [-0.39, 0.29) is 23.0 Å². The van der Waals surface area contributed by atoms with Gasteiger partial charge in [0.05, 0.1) is 0 Å². The van der Waals surface area contributed by atoms with Crippen LogP contribution in [0.15, 0.2) is 5.11 Å². The topological polar surface area (TPSA) is 137 Å². The highest BCUT2D eigenvalue weighted by molar-refractivity contribution is 8.77. The Morgan fingerprint density at radius 3 is 2.41 bits per heavy atom. The molecule has 0 spiro atoms. The van der Waals surface area contributed by atoms with Gasteiger partial charge in [0.1, 0.15) is 17.7 Å². The van der Waals surface area contributed by atoms with Crippen molar-refractivity contribution in [2.24, 2.45) is 5.11 Å². The Morgan fingerprint density at radius 2 is 1.93 bits per heavy atom. The van der Waals surface area contributed by atoms with Crippen LogP contribution in [0.2, 0.25) is 0 Å². The van der Waals surface area contributed by atoms with Gasteiger partial charge in [0, 0.05) is 21.5 Å². The van der Waals surface area contributed by atoms with E-state index in [1.807, 2.05) is 20.8 Å². The second-order valence-corrected chi connectivity index (χ2v) is 10.9. The molecule has 0 bridgehead atoms. The predicted molar refractivity (Wildman–Crippen MR) is 107 cm³/mol. The van der Waals surface area contributed by atoms with Crippen LogP contribution in [0.4, 0.5) is 4.79 Å². The maximum absolute atomic E-state index is 12.3. The molecule has 0 aliphatic heterocycles. The molecule has 2 atom stereocenters. The van der Waals surface area contributed by atoms with E-state index in [9.17, 15) is 9.59 Å². The van der Waals surface area contributed by atoms with Crippen molar-refractivity contribution < 1.29 is 19.1 Å². The number of carbonyl (C=O) groups is 2. The van der Waals surface area contributed by atoms with E-state index in [1.165, 1.54) is 10.8 Å². The van der Waals surface area contributed by atoms with Crippen molar-refractivity contribution in [3.63, 3.8) is 0 Å². The fourth-order valence-electron chi connectivity index (χ4n) is 1.61. The summed E-state index contributed by atoms with van der Waals surface area (Å²) in [5, 5.41) is 14.4. The van der Waals surface area contributed by atoms with Crippen LogP contribution in [0, 0.1) is 11.3 Å². The summed E-state index contributed by atoms with van der Waals surface area (Å²) < 4.78 is 9.98. The highest BCUT2D eigenvalue weighted by Gasteiger charge is 2.29. The average molecular weight is 418 g/mol. The van der Waals surface area contributed by atoms with E-state index >= 15 is 0 Å². The Morgan fingerprint density at radius 1 is 1.30 bits per heavy atom. The SMILES string of the molecule is CC(C)(C)OC(=O)NC(CC(CN=[N+]=[N-])SSC(C)(C)C)C(=O)OCC#N. The Bertz CT molecular complexity index is 589. The lowest BCUT2D eigenvalue weighted by molar-refractivity contribution is -0.144. The summed E-state index contributed by atoms with van der Waals surface area (Å²) in [5.74, 6) is -0.741. The maximum Gasteiger partial charge on any atom is 0.408 e. The summed E-state index contributed by atoms with van der Waals surface area (Å²) >= 11 is 0. The number of nitrogens with zero attached hydrogens (tertiary/aromatic N) is 4. The van der Waals surface area contributed by atoms with Gasteiger partial charge < -0.3 is 14.8 Å². The minimum absolute atomic E-state index is 0.0469. The molecular formula is C16H27N5O4S2. The lowest BCUT2D eigenvalue weighted by Gasteiger charge is -2.26. The number of ether oxygens (including phenoxy) is 2. The number of rotatable bonds is 9. The molecule has 0 saturated carbocycles. The van der Waals surface area contributed by atoms with Gasteiger partial charge in [-0.25, -0.2) is 9.59 Å². The third kappa shape index (κ3) is 14.0. The predicted octanol–water partition coefficient (Wildman–Crippen LogP) is 4.20. The first-order chi connectivity index (χ1) is 12.4. The number of hydrogen-bond donors (Lipinski definition) is 1. The lowest BCUT2D eigenvalue weighted by atomic mass is 10.1. The Hall–Kier alpha value is -1.76. The Labute approximate surface area is 167 Å². The highest BCUT2D eigenvalue weighted by atomic mass is 33.1. The molecule has 0 fully saturated rings. The molecule has 0 rings (SSSR count). The van der Waals surface area contributed by atoms with Crippen LogP contribution in [0.3, 0.4) is 0 Å². The fraction of sp³-hybridized carbons (Fsp3) is 0.812. The molecule has 0 aromatic rings. The minimum Gasteiger partial charge on any atom is -0.449 e. The van der Waals surface area contributed by atoms with E-state index in [4.69, 9.17) is 20.3 Å². The van der Waals surface area contributed by atoms with Crippen molar-refractivity contribution in [3.8, 4) is 6.07 Å². The molecule has 9 nitrogen and oxygen atoms in total. The average Bonchev–Trinajstić information content (AvgIpc) is 2.51. The zero-order valence-electron chi connectivity index (χ0n) is 16.5. The first-order valence-corrected chi connectivity index (χ1v) is 10.5. The summed E-state index contributed by atoms with van der Waals surface area (Å²) in [6.45, 7) is 10.9. The van der Waals surface area contributed by atoms with E-state index in [1.54, 1.807) is 37.6 Å². The molecule has 0 aromatic carbocycles. The first kappa shape index (κ1) is 25.2. The molecule has 0 radical (unpaired) electrons. The van der Waals surface area contributed by atoms with E-state index in [0.29, 0.717) is 0 Å². The van der Waals surface area contributed by atoms with Crippen LogP contribution < -0.4 is 5.32 Å². The van der Waals surface area contributed by atoms with Gasteiger partial charge in [0.25, 0.3) is 0 Å². The number of alkyl carbamates (subject to hydrolysis) is 1. The maximum atomic E-state index is 12.3. The second-order valence-electron chi connectivity index (χ2n) is 7.53. The van der Waals surface area contributed by atoms with Crippen LogP contribution in [0.1, 0.15) is 48.0 Å². The molecule has 0 saturated heterocycles. The third-order valence-electron chi connectivity index (χ3n) is 2.54. The highest BCUT2D eigenvalue weighted by Crippen LogP contribution is 2.39. The van der Waals surface area contributed by atoms with Gasteiger partial charge in [-0.05, 0) is 32.7 Å². The van der Waals surface area contributed by atoms with Crippen LogP contribution >= 0.6 is 21.6 Å². The third-order valence-corrected chi connectivity index (χ3v) is 6.35. The van der Waals surface area contributed by atoms with Gasteiger partial charge in [-0.1, -0.05) is 47.5 Å². The quantitative estimate of drug-likeness (QED) is 0.195. The van der Waals surface area contributed by atoms with Gasteiger partial charge >= 0.3 is 12.1 Å². The Balaban J connectivity index is 5.22. The monoisotopic (exact) mass is 417 g/mol. The van der Waals surface area contributed by atoms with Gasteiger partial charge in [-0.2, -0.15) is 5.26 Å². The smallest absolute Gasteiger partial charge is 0.408 e. The van der Waals surface area contributed by atoms with Gasteiger partial charge in [0.15, 0.2) is 6.61 Å². The van der Waals surface area contributed by atoms with Gasteiger partial charge in [-0.3, -0.25) is 0 Å². The van der Waals surface area contributed by atoms with Crippen molar-refractivity contribution >= 4 is 33.7 Å². The lowest BCUT2D eigenvalue weighted by Crippen LogP contribution is -2.45. The van der Waals surface area contributed by atoms with Crippen LogP contribution in [-0.2, 0) is 14.3 Å². The van der Waals surface area contributed by atoms with E-state index < -0.39 is 30.3 Å². The van der Waals surface area contributed by atoms with Crippen molar-refractivity contribution in [1.29, 1.82) is 5.26 Å². The zero-order valence-corrected chi connectivity index (χ0v) is 18.1. The number of carbonyl (C=O) groups excluding carboxylic acids is 2. The second kappa shape index (κ2) is 11.8. The molecule has 1 N–H and O–H groups in total. The molecule has 152 valence electrons. The minimum atomic E-state index is -1.03. The molecule has 2 unspecified atom stereocenters. The zero-order chi connectivity index (χ0) is 21.1. The number of nitrogens with one attached hydrogen (secondary N) is 1. The molecule has 0 heterocycles. The number of amides is 1. The number of esters is 1. The van der Waals surface area contributed by atoms with Crippen molar-refractivity contribution in [3.05, 3.63) is 10.4 Å². The normalized spacial score (nSPS) is 13.5. The molecule has 0 aliphatic rings. The van der Waals surface area contributed by atoms with E-state index in [2.05, 4.69) is 15.3 Å². The summed E-state index contributed by atoms with van der Waals surface area (Å²) in [7, 11) is 3.04. The summed E-state index contributed by atoms with van der Waals surface area (Å²) in [6, 6.07) is 0.687. The number of hydrogen-bond acceptors (Lipinski definition) is 8. The van der Waals surface area contributed by atoms with Crippen molar-refractivity contribution in [2.75, 3.05) is 13.2 Å². The van der Waals surface area contributed by atoms with Crippen LogP contribution in [0.5, 0.6) is 0 Å². The standard InChI is InChI=1S/C16H27N5O4S2/c1-15(2,3)25-14(23)20-12(13(22)24-8-7-17)9-11(10-19-21-18)26-27-16(4,5)6/h11-12H,8-10H2,1-6H3,(H,20,23). The summed E-state index contributed by atoms with van der Waals surface area (Å²) in [6.07, 6.45) is -0.603. The number of azide groups is 1. The Kier molecular flexibility index (Phi) is 11.1. The largest absolute Gasteiger partial charge is 0.449 e. The number of nitriles is 1. The van der Waals surface area contributed by atoms with Crippen molar-refractivity contribution in [2.45, 2.75) is 69.6 Å². The molecular weight excluding hydrogens is 390 g/mol. The molecule has 27 heavy (non-hydrogen) atoms. The van der Waals surface area contributed by atoms with E-state index in [0.717, 1.165) is 0 Å². The van der Waals surface area contributed by atoms with Crippen LogP contribution in [-0.4, -0.2) is 46.9 Å². The summed E-state index contributed by atoms with van der Waals surface area (Å²) in [5.41, 5.74) is 7.87. The van der Waals surface area contributed by atoms with Gasteiger partial charge in [-0.15, -0.1) is 0 Å². The van der Waals surface area contributed by atoms with Crippen LogP contribution in [0.25, 0.3) is 10.4 Å². The molecule has 0 aromatic heterocycles. The summed E-state index contributed by atoms with van der Waals surface area (Å²) in [4.78, 5) is 27.1. The molecule has 0 aliphatic carbocycles. The molecule has 1 amide bonds. The first-order valence-electron chi connectivity index (χ1n) is 8.26. The fourth-order valence-corrected chi connectivity index (χ4v) is 4.13. The van der Waals surface area contributed by atoms with Gasteiger partial charge in [0.2, 0.25) is 0 Å². The molecule has 11 heteroatoms. The van der Waals surface area contributed by atoms with Crippen molar-refractivity contribution in [1.82, 2.24) is 5.32 Å².